The molecule has 0 aromatic heterocycles. The maximum absolute atomic E-state index is 13.5. The van der Waals surface area contributed by atoms with Gasteiger partial charge >= 0.3 is 12.2 Å². The van der Waals surface area contributed by atoms with E-state index in [-0.39, 0.29) is 6.42 Å². The second kappa shape index (κ2) is 9.01. The summed E-state index contributed by atoms with van der Waals surface area (Å²) >= 11 is 0. The van der Waals surface area contributed by atoms with Crippen molar-refractivity contribution >= 4 is 23.5 Å². The van der Waals surface area contributed by atoms with Crippen molar-refractivity contribution in [3.8, 4) is 0 Å². The Morgan fingerprint density at radius 1 is 0.882 bits per heavy atom. The molecule has 0 radical (unpaired) electrons. The number of carbonyl (C=O) groups excluding carboxylic acids is 3. The highest BCUT2D eigenvalue weighted by atomic mass is 19.4. The second-order valence-electron chi connectivity index (χ2n) is 7.85. The van der Waals surface area contributed by atoms with E-state index in [1.165, 1.54) is 12.1 Å². The lowest BCUT2D eigenvalue weighted by Crippen LogP contribution is -2.46. The third-order valence-corrected chi connectivity index (χ3v) is 5.56. The molecule has 0 aliphatic carbocycles. The molecular weight excluding hydrogens is 447 g/mol. The van der Waals surface area contributed by atoms with Crippen LogP contribution in [0, 0.1) is 0 Å². The summed E-state index contributed by atoms with van der Waals surface area (Å²) in [7, 11) is 0. The van der Waals surface area contributed by atoms with Crippen LogP contribution in [0.5, 0.6) is 0 Å². The van der Waals surface area contributed by atoms with Gasteiger partial charge in [0, 0.05) is 6.42 Å². The van der Waals surface area contributed by atoms with Gasteiger partial charge in [-0.15, -0.1) is 0 Å². The smallest absolute Gasteiger partial charge is 0.324 e. The number of nitrogens with one attached hydrogen (secondary N) is 2. The van der Waals surface area contributed by atoms with Crippen LogP contribution < -0.4 is 10.6 Å². The highest BCUT2D eigenvalue weighted by molar-refractivity contribution is 6.10. The van der Waals surface area contributed by atoms with Crippen LogP contribution in [0.3, 0.4) is 0 Å². The molecule has 6 nitrogen and oxygen atoms in total. The summed E-state index contributed by atoms with van der Waals surface area (Å²) in [6, 6.07) is 21.4. The lowest BCUT2D eigenvalue weighted by Gasteiger charge is -2.27. The number of hydrogen-bond donors (Lipinski definition) is 2. The lowest BCUT2D eigenvalue weighted by atomic mass is 9.83. The fraction of sp³-hybridized carbons (Fsp3) is 0.160. The average molecular weight is 467 g/mol. The molecule has 34 heavy (non-hydrogen) atoms. The number of hydrogen-bond acceptors (Lipinski definition) is 3. The highest BCUT2D eigenvalue weighted by Crippen LogP contribution is 2.35. The largest absolute Gasteiger partial charge is 0.418 e. The van der Waals surface area contributed by atoms with Crippen LogP contribution in [0.1, 0.15) is 16.7 Å². The zero-order valence-electron chi connectivity index (χ0n) is 17.8. The monoisotopic (exact) mass is 467 g/mol. The van der Waals surface area contributed by atoms with Crippen molar-refractivity contribution in [2.24, 2.45) is 0 Å². The Morgan fingerprint density at radius 2 is 1.47 bits per heavy atom. The fourth-order valence-electron chi connectivity index (χ4n) is 3.98. The number of nitrogens with zero attached hydrogens (tertiary/aromatic N) is 1. The molecule has 3 aromatic rings. The van der Waals surface area contributed by atoms with E-state index in [9.17, 15) is 27.6 Å². The number of anilines is 1. The molecule has 2 N–H and O–H groups in total. The quantitative estimate of drug-likeness (QED) is 0.530. The van der Waals surface area contributed by atoms with Gasteiger partial charge in [0.05, 0.1) is 11.3 Å². The molecule has 1 atom stereocenters. The molecule has 1 heterocycles. The van der Waals surface area contributed by atoms with E-state index in [2.05, 4.69) is 10.6 Å². The minimum Gasteiger partial charge on any atom is -0.324 e. The number of rotatable bonds is 6. The third kappa shape index (κ3) is 4.50. The van der Waals surface area contributed by atoms with E-state index < -0.39 is 47.4 Å². The Kier molecular flexibility index (Phi) is 6.10. The molecule has 3 aromatic carbocycles. The molecular formula is C25H20F3N3O3. The van der Waals surface area contributed by atoms with E-state index >= 15 is 0 Å². The summed E-state index contributed by atoms with van der Waals surface area (Å²) in [5, 5.41) is 4.88. The van der Waals surface area contributed by atoms with Gasteiger partial charge in [0.15, 0.2) is 5.54 Å². The summed E-state index contributed by atoms with van der Waals surface area (Å²) in [5.74, 6) is -1.59. The SMILES string of the molecule is O=C(CN1C(=O)NC(Cc2ccccc2)(c2ccccc2)C1=O)Nc1ccccc1C(F)(F)F. The first-order chi connectivity index (χ1) is 16.2. The molecule has 1 aliphatic heterocycles. The number of para-hydroxylation sites is 1. The summed E-state index contributed by atoms with van der Waals surface area (Å²) in [4.78, 5) is 39.7. The Bertz CT molecular complexity index is 1220. The maximum atomic E-state index is 13.5. The van der Waals surface area contributed by atoms with Crippen LogP contribution in [0.15, 0.2) is 84.9 Å². The molecule has 4 rings (SSSR count). The second-order valence-corrected chi connectivity index (χ2v) is 7.85. The van der Waals surface area contributed by atoms with Gasteiger partial charge in [-0.3, -0.25) is 14.5 Å². The van der Waals surface area contributed by atoms with Gasteiger partial charge in [0.1, 0.15) is 6.54 Å². The molecule has 1 unspecified atom stereocenters. The van der Waals surface area contributed by atoms with Gasteiger partial charge in [-0.05, 0) is 23.3 Å². The predicted molar refractivity (Wildman–Crippen MR) is 119 cm³/mol. The number of benzene rings is 3. The number of amides is 4. The lowest BCUT2D eigenvalue weighted by molar-refractivity contribution is -0.137. The topological polar surface area (TPSA) is 78.5 Å². The number of imide groups is 1. The first-order valence-electron chi connectivity index (χ1n) is 10.4. The molecule has 174 valence electrons. The Morgan fingerprint density at radius 3 is 2.12 bits per heavy atom. The molecule has 9 heteroatoms. The maximum Gasteiger partial charge on any atom is 0.418 e. The number of alkyl halides is 3. The van der Waals surface area contributed by atoms with Gasteiger partial charge in [-0.1, -0.05) is 72.8 Å². The van der Waals surface area contributed by atoms with Crippen molar-refractivity contribution in [2.45, 2.75) is 18.1 Å². The molecule has 0 saturated carbocycles. The predicted octanol–water partition coefficient (Wildman–Crippen LogP) is 4.33. The molecule has 1 aliphatic rings. The number of halogens is 3. The van der Waals surface area contributed by atoms with Gasteiger partial charge < -0.3 is 10.6 Å². The normalized spacial score (nSPS) is 18.0. The van der Waals surface area contributed by atoms with E-state index in [1.54, 1.807) is 42.5 Å². The van der Waals surface area contributed by atoms with Crippen LogP contribution in [-0.2, 0) is 27.7 Å². The van der Waals surface area contributed by atoms with E-state index in [1.807, 2.05) is 18.2 Å². The summed E-state index contributed by atoms with van der Waals surface area (Å²) < 4.78 is 39.7. The minimum absolute atomic E-state index is 0.136. The molecule has 0 spiro atoms. The first kappa shape index (κ1) is 23.0. The van der Waals surface area contributed by atoms with Crippen LogP contribution in [-0.4, -0.2) is 29.3 Å². The Balaban J connectivity index is 1.60. The van der Waals surface area contributed by atoms with Crippen molar-refractivity contribution in [3.05, 3.63) is 102 Å². The van der Waals surface area contributed by atoms with Crippen molar-refractivity contribution < 1.29 is 27.6 Å². The van der Waals surface area contributed by atoms with Crippen molar-refractivity contribution in [1.29, 1.82) is 0 Å². The zero-order chi connectivity index (χ0) is 24.3. The van der Waals surface area contributed by atoms with Crippen LogP contribution in [0.25, 0.3) is 0 Å². The zero-order valence-corrected chi connectivity index (χ0v) is 17.8. The van der Waals surface area contributed by atoms with Gasteiger partial charge in [-0.25, -0.2) is 4.79 Å². The summed E-state index contributed by atoms with van der Waals surface area (Å²) in [5.41, 5.74) is -1.62. The Labute approximate surface area is 193 Å². The van der Waals surface area contributed by atoms with Crippen molar-refractivity contribution in [2.75, 3.05) is 11.9 Å². The van der Waals surface area contributed by atoms with Crippen LogP contribution >= 0.6 is 0 Å². The Hall–Kier alpha value is -4.14. The molecule has 1 fully saturated rings. The van der Waals surface area contributed by atoms with Gasteiger partial charge in [0.2, 0.25) is 5.91 Å². The van der Waals surface area contributed by atoms with Crippen LogP contribution in [0.4, 0.5) is 23.7 Å². The molecule has 1 saturated heterocycles. The van der Waals surface area contributed by atoms with E-state index in [4.69, 9.17) is 0 Å². The molecule has 0 bridgehead atoms. The van der Waals surface area contributed by atoms with Gasteiger partial charge in [-0.2, -0.15) is 13.2 Å². The minimum atomic E-state index is -4.68. The molecule has 4 amide bonds. The third-order valence-electron chi connectivity index (χ3n) is 5.56. The standard InChI is InChI=1S/C25H20F3N3O3/c26-25(27,28)19-13-7-8-14-20(19)29-21(32)16-31-22(33)24(30-23(31)34,18-11-5-2-6-12-18)15-17-9-3-1-4-10-17/h1-14H,15-16H2,(H,29,32)(H,30,34). The number of carbonyl (C=O) groups is 3. The van der Waals surface area contributed by atoms with E-state index in [0.717, 1.165) is 22.6 Å². The highest BCUT2D eigenvalue weighted by Gasteiger charge is 2.52. The first-order valence-corrected chi connectivity index (χ1v) is 10.4. The van der Waals surface area contributed by atoms with Gasteiger partial charge in [0.25, 0.3) is 5.91 Å². The van der Waals surface area contributed by atoms with Crippen molar-refractivity contribution in [3.63, 3.8) is 0 Å². The average Bonchev–Trinajstić information content (AvgIpc) is 3.05. The van der Waals surface area contributed by atoms with E-state index in [0.29, 0.717) is 5.56 Å². The summed E-state index contributed by atoms with van der Waals surface area (Å²) in [6.07, 6.45) is -4.54. The van der Waals surface area contributed by atoms with Crippen LogP contribution in [0.2, 0.25) is 0 Å². The van der Waals surface area contributed by atoms with Crippen molar-refractivity contribution in [1.82, 2.24) is 10.2 Å². The summed E-state index contributed by atoms with van der Waals surface area (Å²) in [6.45, 7) is -0.736. The number of urea groups is 1. The fourth-order valence-corrected chi connectivity index (χ4v) is 3.98.